The number of benzene rings is 1. The molecule has 0 unspecified atom stereocenters. The number of halogens is 1. The summed E-state index contributed by atoms with van der Waals surface area (Å²) in [7, 11) is -1.66. The summed E-state index contributed by atoms with van der Waals surface area (Å²) in [5, 5.41) is 0. The second-order valence-corrected chi connectivity index (χ2v) is 7.92. The van der Waals surface area contributed by atoms with E-state index in [4.69, 9.17) is 0 Å². The minimum absolute atomic E-state index is 0.0987. The lowest BCUT2D eigenvalue weighted by atomic mass is 10.2. The fourth-order valence-corrected chi connectivity index (χ4v) is 3.54. The van der Waals surface area contributed by atoms with Gasteiger partial charge in [-0.05, 0) is 41.8 Å². The molecule has 1 heterocycles. The number of pyridine rings is 1. The molecule has 2 rings (SSSR count). The first kappa shape index (κ1) is 16.1. The van der Waals surface area contributed by atoms with Gasteiger partial charge in [0.1, 0.15) is 0 Å². The molecule has 0 amide bonds. The Morgan fingerprint density at radius 3 is 2.52 bits per heavy atom. The summed E-state index contributed by atoms with van der Waals surface area (Å²) in [5.41, 5.74) is 1.93. The van der Waals surface area contributed by atoms with Gasteiger partial charge in [0, 0.05) is 30.5 Å². The van der Waals surface area contributed by atoms with Gasteiger partial charge in [-0.25, -0.2) is 12.7 Å². The molecule has 21 heavy (non-hydrogen) atoms. The maximum absolute atomic E-state index is 12.3. The highest BCUT2D eigenvalue weighted by atomic mass is 79.9. The van der Waals surface area contributed by atoms with Crippen molar-refractivity contribution in [2.75, 3.05) is 12.8 Å². The third-order valence-corrected chi connectivity index (χ3v) is 5.46. The van der Waals surface area contributed by atoms with E-state index in [1.54, 1.807) is 19.4 Å². The zero-order valence-corrected chi connectivity index (χ0v) is 14.1. The zero-order chi connectivity index (χ0) is 15.3. The molecule has 6 heteroatoms. The molecule has 0 atom stereocenters. The lowest BCUT2D eigenvalue weighted by Gasteiger charge is -2.17. The first-order valence-corrected chi connectivity index (χ1v) is 8.95. The standard InChI is InChI=1S/C15H17BrN2O2S/c1-18(12-14-3-2-4-15(16)11-14)21(19,20)10-7-13-5-8-17-9-6-13/h2-6,8-9,11H,7,10,12H2,1H3. The maximum atomic E-state index is 12.3. The fourth-order valence-electron chi connectivity index (χ4n) is 1.94. The normalized spacial score (nSPS) is 11.8. The largest absolute Gasteiger partial charge is 0.265 e. The Kier molecular flexibility index (Phi) is 5.50. The lowest BCUT2D eigenvalue weighted by Crippen LogP contribution is -2.29. The Balaban J connectivity index is 1.98. The summed E-state index contributed by atoms with van der Waals surface area (Å²) in [5.74, 6) is 0.0987. The van der Waals surface area contributed by atoms with Crippen LogP contribution in [0.3, 0.4) is 0 Å². The summed E-state index contributed by atoms with van der Waals surface area (Å²) in [6, 6.07) is 11.3. The molecule has 0 fully saturated rings. The molecule has 0 aliphatic rings. The van der Waals surface area contributed by atoms with Crippen LogP contribution in [0.4, 0.5) is 0 Å². The van der Waals surface area contributed by atoms with E-state index in [2.05, 4.69) is 20.9 Å². The van der Waals surface area contributed by atoms with Gasteiger partial charge in [-0.15, -0.1) is 0 Å². The van der Waals surface area contributed by atoms with Crippen molar-refractivity contribution in [3.8, 4) is 0 Å². The minimum Gasteiger partial charge on any atom is -0.265 e. The highest BCUT2D eigenvalue weighted by Crippen LogP contribution is 2.15. The number of nitrogens with zero attached hydrogens (tertiary/aromatic N) is 2. The number of aryl methyl sites for hydroxylation is 1. The third kappa shape index (κ3) is 4.91. The summed E-state index contributed by atoms with van der Waals surface area (Å²) in [6.07, 6.45) is 3.84. The summed E-state index contributed by atoms with van der Waals surface area (Å²) < 4.78 is 26.9. The third-order valence-electron chi connectivity index (χ3n) is 3.17. The molecule has 1 aromatic heterocycles. The molecule has 0 radical (unpaired) electrons. The van der Waals surface area contributed by atoms with E-state index >= 15 is 0 Å². The van der Waals surface area contributed by atoms with E-state index in [-0.39, 0.29) is 5.75 Å². The monoisotopic (exact) mass is 368 g/mol. The van der Waals surface area contributed by atoms with Crippen LogP contribution in [0.25, 0.3) is 0 Å². The van der Waals surface area contributed by atoms with Crippen molar-refractivity contribution in [3.63, 3.8) is 0 Å². The van der Waals surface area contributed by atoms with Crippen LogP contribution in [0.2, 0.25) is 0 Å². The van der Waals surface area contributed by atoms with Crippen LogP contribution in [0, 0.1) is 0 Å². The van der Waals surface area contributed by atoms with Crippen LogP contribution in [0.1, 0.15) is 11.1 Å². The second-order valence-electron chi connectivity index (χ2n) is 4.81. The van der Waals surface area contributed by atoms with Crippen LogP contribution in [0.15, 0.2) is 53.3 Å². The summed E-state index contributed by atoms with van der Waals surface area (Å²) in [6.45, 7) is 0.373. The van der Waals surface area contributed by atoms with E-state index in [1.807, 2.05) is 36.4 Å². The first-order chi connectivity index (χ1) is 9.97. The molecule has 0 saturated heterocycles. The van der Waals surface area contributed by atoms with Gasteiger partial charge in [0.25, 0.3) is 0 Å². The Labute approximate surface area is 134 Å². The molecule has 0 aliphatic heterocycles. The topological polar surface area (TPSA) is 50.3 Å². The van der Waals surface area contributed by atoms with Gasteiger partial charge < -0.3 is 0 Å². The SMILES string of the molecule is CN(Cc1cccc(Br)c1)S(=O)(=O)CCc1ccncc1. The van der Waals surface area contributed by atoms with Crippen LogP contribution in [-0.2, 0) is 23.0 Å². The maximum Gasteiger partial charge on any atom is 0.214 e. The first-order valence-electron chi connectivity index (χ1n) is 6.55. The van der Waals surface area contributed by atoms with Crippen molar-refractivity contribution in [2.24, 2.45) is 0 Å². The number of hydrogen-bond acceptors (Lipinski definition) is 3. The molecule has 0 spiro atoms. The molecule has 112 valence electrons. The molecule has 4 nitrogen and oxygen atoms in total. The van der Waals surface area contributed by atoms with Crippen LogP contribution in [-0.4, -0.2) is 30.5 Å². The summed E-state index contributed by atoms with van der Waals surface area (Å²) >= 11 is 3.39. The van der Waals surface area contributed by atoms with Gasteiger partial charge in [0.2, 0.25) is 10.0 Å². The van der Waals surface area contributed by atoms with Gasteiger partial charge >= 0.3 is 0 Å². The van der Waals surface area contributed by atoms with Crippen molar-refractivity contribution in [2.45, 2.75) is 13.0 Å². The molecule has 0 saturated carbocycles. The predicted molar refractivity (Wildman–Crippen MR) is 87.3 cm³/mol. The van der Waals surface area contributed by atoms with Crippen LogP contribution >= 0.6 is 15.9 Å². The lowest BCUT2D eigenvalue weighted by molar-refractivity contribution is 0.466. The summed E-state index contributed by atoms with van der Waals surface area (Å²) in [4.78, 5) is 3.92. The van der Waals surface area contributed by atoms with E-state index in [1.165, 1.54) is 4.31 Å². The van der Waals surface area contributed by atoms with Crippen molar-refractivity contribution >= 4 is 26.0 Å². The highest BCUT2D eigenvalue weighted by molar-refractivity contribution is 9.10. The van der Waals surface area contributed by atoms with E-state index < -0.39 is 10.0 Å². The molecular weight excluding hydrogens is 352 g/mol. The van der Waals surface area contributed by atoms with Crippen molar-refractivity contribution in [3.05, 3.63) is 64.4 Å². The molecule has 0 N–H and O–H groups in total. The van der Waals surface area contributed by atoms with Gasteiger partial charge in [-0.2, -0.15) is 0 Å². The predicted octanol–water partition coefficient (Wildman–Crippen LogP) is 2.85. The Morgan fingerprint density at radius 1 is 1.14 bits per heavy atom. The smallest absolute Gasteiger partial charge is 0.214 e. The van der Waals surface area contributed by atoms with Gasteiger partial charge in [-0.3, -0.25) is 4.98 Å². The van der Waals surface area contributed by atoms with Gasteiger partial charge in [0.05, 0.1) is 5.75 Å². The molecule has 0 aliphatic carbocycles. The Hall–Kier alpha value is -1.24. The Bertz CT molecular complexity index is 690. The minimum atomic E-state index is -3.27. The Morgan fingerprint density at radius 2 is 1.86 bits per heavy atom. The average Bonchev–Trinajstić information content (AvgIpc) is 2.46. The molecular formula is C15H17BrN2O2S. The number of hydrogen-bond donors (Lipinski definition) is 0. The quantitative estimate of drug-likeness (QED) is 0.787. The van der Waals surface area contributed by atoms with Crippen LogP contribution < -0.4 is 0 Å². The zero-order valence-electron chi connectivity index (χ0n) is 11.7. The number of aromatic nitrogens is 1. The van der Waals surface area contributed by atoms with Crippen LogP contribution in [0.5, 0.6) is 0 Å². The van der Waals surface area contributed by atoms with Crippen molar-refractivity contribution in [1.82, 2.24) is 9.29 Å². The van der Waals surface area contributed by atoms with Crippen molar-refractivity contribution < 1.29 is 8.42 Å². The number of sulfonamides is 1. The molecule has 2 aromatic rings. The van der Waals surface area contributed by atoms with Crippen molar-refractivity contribution in [1.29, 1.82) is 0 Å². The van der Waals surface area contributed by atoms with Gasteiger partial charge in [0.15, 0.2) is 0 Å². The average molecular weight is 369 g/mol. The van der Waals surface area contributed by atoms with E-state index in [0.717, 1.165) is 15.6 Å². The number of rotatable bonds is 6. The molecule has 0 bridgehead atoms. The van der Waals surface area contributed by atoms with Gasteiger partial charge in [-0.1, -0.05) is 28.1 Å². The second kappa shape index (κ2) is 7.15. The van der Waals surface area contributed by atoms with E-state index in [9.17, 15) is 8.42 Å². The fraction of sp³-hybridized carbons (Fsp3) is 0.267. The van der Waals surface area contributed by atoms with E-state index in [0.29, 0.717) is 13.0 Å². The highest BCUT2D eigenvalue weighted by Gasteiger charge is 2.18. The molecule has 1 aromatic carbocycles.